The van der Waals surface area contributed by atoms with Crippen molar-refractivity contribution in [3.05, 3.63) is 75.4 Å². The van der Waals surface area contributed by atoms with Crippen molar-refractivity contribution in [3.63, 3.8) is 0 Å². The third-order valence-electron chi connectivity index (χ3n) is 3.54. The molecule has 2 aromatic carbocycles. The minimum absolute atomic E-state index is 0.0613. The number of rotatable bonds is 4. The van der Waals surface area contributed by atoms with E-state index in [4.69, 9.17) is 16.3 Å². The summed E-state index contributed by atoms with van der Waals surface area (Å²) < 4.78 is 7.90. The minimum atomic E-state index is -0.401. The summed E-state index contributed by atoms with van der Waals surface area (Å²) in [5.74, 6) is -0.401. The third kappa shape index (κ3) is 3.52. The van der Waals surface area contributed by atoms with Crippen LogP contribution in [0.25, 0.3) is 11.3 Å². The standard InChI is InChI=1S/C18H14BrClN2O2/c1-22-17(20)15(16(21-22)12-5-3-2-4-6-12)11-24-18(23)13-7-9-14(19)10-8-13/h2-10H,11H2,1H3. The summed E-state index contributed by atoms with van der Waals surface area (Å²) in [5, 5.41) is 4.89. The fraction of sp³-hybridized carbons (Fsp3) is 0.111. The Morgan fingerprint density at radius 3 is 2.50 bits per heavy atom. The zero-order valence-electron chi connectivity index (χ0n) is 12.9. The van der Waals surface area contributed by atoms with Gasteiger partial charge in [-0.15, -0.1) is 0 Å². The van der Waals surface area contributed by atoms with Crippen LogP contribution in [0.3, 0.4) is 0 Å². The number of carbonyl (C=O) groups is 1. The molecule has 3 rings (SSSR count). The zero-order chi connectivity index (χ0) is 17.1. The number of esters is 1. The van der Waals surface area contributed by atoms with Gasteiger partial charge in [-0.1, -0.05) is 57.9 Å². The van der Waals surface area contributed by atoms with Gasteiger partial charge in [-0.25, -0.2) is 4.79 Å². The van der Waals surface area contributed by atoms with Crippen molar-refractivity contribution in [1.82, 2.24) is 9.78 Å². The van der Waals surface area contributed by atoms with Gasteiger partial charge in [-0.3, -0.25) is 4.68 Å². The van der Waals surface area contributed by atoms with Gasteiger partial charge in [-0.2, -0.15) is 5.10 Å². The van der Waals surface area contributed by atoms with Crippen LogP contribution in [0.1, 0.15) is 15.9 Å². The molecule has 24 heavy (non-hydrogen) atoms. The third-order valence-corrected chi connectivity index (χ3v) is 4.55. The first-order valence-corrected chi connectivity index (χ1v) is 8.43. The van der Waals surface area contributed by atoms with Crippen molar-refractivity contribution in [3.8, 4) is 11.3 Å². The Labute approximate surface area is 153 Å². The van der Waals surface area contributed by atoms with E-state index in [1.54, 1.807) is 36.0 Å². The fourth-order valence-electron chi connectivity index (χ4n) is 2.31. The number of benzene rings is 2. The average molecular weight is 406 g/mol. The van der Waals surface area contributed by atoms with Crippen molar-refractivity contribution < 1.29 is 9.53 Å². The summed E-state index contributed by atoms with van der Waals surface area (Å²) >= 11 is 9.65. The molecule has 0 radical (unpaired) electrons. The highest BCUT2D eigenvalue weighted by Gasteiger charge is 2.18. The second kappa shape index (κ2) is 7.20. The Kier molecular flexibility index (Phi) is 5.02. The molecule has 0 bridgehead atoms. The van der Waals surface area contributed by atoms with Crippen LogP contribution in [0.4, 0.5) is 0 Å². The molecule has 0 aliphatic rings. The monoisotopic (exact) mass is 404 g/mol. The molecule has 0 aliphatic carbocycles. The Balaban J connectivity index is 1.82. The lowest BCUT2D eigenvalue weighted by molar-refractivity contribution is 0.0473. The molecule has 0 saturated heterocycles. The predicted octanol–water partition coefficient (Wildman–Crippen LogP) is 4.86. The van der Waals surface area contributed by atoms with E-state index in [2.05, 4.69) is 21.0 Å². The number of aromatic nitrogens is 2. The van der Waals surface area contributed by atoms with Crippen molar-refractivity contribution in [2.45, 2.75) is 6.61 Å². The van der Waals surface area contributed by atoms with E-state index in [0.717, 1.165) is 10.0 Å². The second-order valence-corrected chi connectivity index (χ2v) is 6.46. The van der Waals surface area contributed by atoms with Crippen molar-refractivity contribution in [2.75, 3.05) is 0 Å². The summed E-state index contributed by atoms with van der Waals surface area (Å²) in [5.41, 5.74) is 2.82. The average Bonchev–Trinajstić information content (AvgIpc) is 2.89. The van der Waals surface area contributed by atoms with E-state index in [0.29, 0.717) is 22.0 Å². The highest BCUT2D eigenvalue weighted by Crippen LogP contribution is 2.29. The molecule has 6 heteroatoms. The molecule has 0 atom stereocenters. The van der Waals surface area contributed by atoms with Crippen LogP contribution in [0.5, 0.6) is 0 Å². The summed E-state index contributed by atoms with van der Waals surface area (Å²) in [7, 11) is 1.76. The summed E-state index contributed by atoms with van der Waals surface area (Å²) in [6, 6.07) is 16.7. The van der Waals surface area contributed by atoms with Gasteiger partial charge in [0.1, 0.15) is 17.5 Å². The topological polar surface area (TPSA) is 44.1 Å². The first-order valence-electron chi connectivity index (χ1n) is 7.25. The van der Waals surface area contributed by atoms with Gasteiger partial charge in [0, 0.05) is 17.1 Å². The summed E-state index contributed by atoms with van der Waals surface area (Å²) in [6.07, 6.45) is 0. The SMILES string of the molecule is Cn1nc(-c2ccccc2)c(COC(=O)c2ccc(Br)cc2)c1Cl. The second-order valence-electron chi connectivity index (χ2n) is 5.19. The van der Waals surface area contributed by atoms with Gasteiger partial charge in [0.05, 0.1) is 11.1 Å². The molecule has 0 amide bonds. The van der Waals surface area contributed by atoms with Gasteiger partial charge in [0.2, 0.25) is 0 Å². The largest absolute Gasteiger partial charge is 0.457 e. The molecule has 0 spiro atoms. The first kappa shape index (κ1) is 16.7. The maximum absolute atomic E-state index is 12.2. The normalized spacial score (nSPS) is 10.6. The van der Waals surface area contributed by atoms with E-state index in [-0.39, 0.29) is 6.61 Å². The molecule has 1 aromatic heterocycles. The predicted molar refractivity (Wildman–Crippen MR) is 96.9 cm³/mol. The van der Waals surface area contributed by atoms with Gasteiger partial charge in [0.25, 0.3) is 0 Å². The van der Waals surface area contributed by atoms with E-state index < -0.39 is 5.97 Å². The van der Waals surface area contributed by atoms with E-state index >= 15 is 0 Å². The van der Waals surface area contributed by atoms with E-state index in [1.165, 1.54) is 0 Å². The van der Waals surface area contributed by atoms with Crippen molar-refractivity contribution >= 4 is 33.5 Å². The van der Waals surface area contributed by atoms with Gasteiger partial charge >= 0.3 is 5.97 Å². The molecule has 1 heterocycles. The fourth-order valence-corrected chi connectivity index (χ4v) is 2.76. The highest BCUT2D eigenvalue weighted by molar-refractivity contribution is 9.10. The molecule has 0 saturated carbocycles. The first-order chi connectivity index (χ1) is 11.6. The van der Waals surface area contributed by atoms with Crippen molar-refractivity contribution in [1.29, 1.82) is 0 Å². The molecule has 0 aliphatic heterocycles. The number of hydrogen-bond acceptors (Lipinski definition) is 3. The maximum atomic E-state index is 12.2. The van der Waals surface area contributed by atoms with E-state index in [1.807, 2.05) is 30.3 Å². The van der Waals surface area contributed by atoms with Gasteiger partial charge in [0.15, 0.2) is 0 Å². The quantitative estimate of drug-likeness (QED) is 0.582. The Bertz CT molecular complexity index is 861. The molecule has 4 nitrogen and oxygen atoms in total. The van der Waals surface area contributed by atoms with Gasteiger partial charge < -0.3 is 4.74 Å². The van der Waals surface area contributed by atoms with Crippen LogP contribution in [0.15, 0.2) is 59.1 Å². The number of carbonyl (C=O) groups excluding carboxylic acids is 1. The Morgan fingerprint density at radius 2 is 1.83 bits per heavy atom. The number of halogens is 2. The molecule has 0 fully saturated rings. The number of nitrogens with zero attached hydrogens (tertiary/aromatic N) is 2. The van der Waals surface area contributed by atoms with Crippen LogP contribution < -0.4 is 0 Å². The van der Waals surface area contributed by atoms with Crippen LogP contribution >= 0.6 is 27.5 Å². The molecule has 122 valence electrons. The molecular weight excluding hydrogens is 392 g/mol. The molecule has 0 unspecified atom stereocenters. The Hall–Kier alpha value is -2.11. The highest BCUT2D eigenvalue weighted by atomic mass is 79.9. The lowest BCUT2D eigenvalue weighted by Gasteiger charge is -2.06. The zero-order valence-corrected chi connectivity index (χ0v) is 15.2. The van der Waals surface area contributed by atoms with E-state index in [9.17, 15) is 4.79 Å². The van der Waals surface area contributed by atoms with Crippen LogP contribution in [-0.4, -0.2) is 15.7 Å². The number of ether oxygens (including phenoxy) is 1. The molecule has 0 N–H and O–H groups in total. The van der Waals surface area contributed by atoms with Crippen LogP contribution in [0.2, 0.25) is 5.15 Å². The van der Waals surface area contributed by atoms with Gasteiger partial charge in [-0.05, 0) is 24.3 Å². The summed E-state index contributed by atoms with van der Waals surface area (Å²) in [4.78, 5) is 12.2. The van der Waals surface area contributed by atoms with Crippen LogP contribution in [0, 0.1) is 0 Å². The van der Waals surface area contributed by atoms with Crippen LogP contribution in [-0.2, 0) is 18.4 Å². The summed E-state index contributed by atoms with van der Waals surface area (Å²) in [6.45, 7) is 0.0613. The van der Waals surface area contributed by atoms with Crippen molar-refractivity contribution in [2.24, 2.45) is 7.05 Å². The minimum Gasteiger partial charge on any atom is -0.457 e. The number of aryl methyl sites for hydroxylation is 1. The Morgan fingerprint density at radius 1 is 1.17 bits per heavy atom. The molecular formula is C18H14BrClN2O2. The lowest BCUT2D eigenvalue weighted by Crippen LogP contribution is -2.05. The molecule has 3 aromatic rings. The smallest absolute Gasteiger partial charge is 0.338 e. The lowest BCUT2D eigenvalue weighted by atomic mass is 10.1. The maximum Gasteiger partial charge on any atom is 0.338 e. The number of hydrogen-bond donors (Lipinski definition) is 0.